The van der Waals surface area contributed by atoms with E-state index in [1.807, 2.05) is 76.5 Å². The molecule has 0 spiro atoms. The number of Topliss-reactive ketones (excluding diaryl/α,β-unsaturated/α-hetero) is 1. The van der Waals surface area contributed by atoms with Gasteiger partial charge in [0, 0.05) is 69.7 Å². The van der Waals surface area contributed by atoms with Crippen LogP contribution in [0.15, 0.2) is 59.1 Å². The molecule has 5 aromatic rings. The van der Waals surface area contributed by atoms with Crippen LogP contribution in [0.3, 0.4) is 0 Å². The highest BCUT2D eigenvalue weighted by atomic mass is 32.1. The Morgan fingerprint density at radius 3 is 2.17 bits per heavy atom. The molecule has 5 N–H and O–H groups in total. The zero-order valence-electron chi connectivity index (χ0n) is 47.6. The third-order valence-corrected chi connectivity index (χ3v) is 16.2. The number of anilines is 3. The highest BCUT2D eigenvalue weighted by molar-refractivity contribution is 7.13. The summed E-state index contributed by atoms with van der Waals surface area (Å²) in [7, 11) is 0. The van der Waals surface area contributed by atoms with E-state index in [0.29, 0.717) is 67.8 Å². The quantitative estimate of drug-likeness (QED) is 0.0379. The number of ether oxygens (including phenoxy) is 3. The average Bonchev–Trinajstić information content (AvgIpc) is 4.30. The number of hydrogen-bond acceptors (Lipinski definition) is 18. The Hall–Kier alpha value is -6.76. The molecule has 1 aromatic carbocycles. The van der Waals surface area contributed by atoms with E-state index >= 15 is 0 Å². The van der Waals surface area contributed by atoms with E-state index in [4.69, 9.17) is 19.2 Å². The van der Waals surface area contributed by atoms with Gasteiger partial charge in [-0.1, -0.05) is 57.9 Å². The SMILES string of the molecule is CC(=O)c1c(C)c2cnc(Nc3ccc(N4CCN(CC(=O)NCCOCCOCCOCCC(=O)N[C@H](C(=O)N5C[C@@H](O)C[C@H]5C(=O)N[C@@H](C)c5ccc(-c6scnc6C)cc5)C(C)(C)C)CC4)cn3)nc2n(C2CCCC2)c1=O. The predicted octanol–water partition coefficient (Wildman–Crippen LogP) is 5.04. The zero-order chi connectivity index (χ0) is 57.8. The van der Waals surface area contributed by atoms with Crippen molar-refractivity contribution in [1.82, 2.24) is 50.3 Å². The lowest BCUT2D eigenvalue weighted by molar-refractivity contribution is -0.144. The largest absolute Gasteiger partial charge is 0.391 e. The van der Waals surface area contributed by atoms with E-state index in [0.717, 1.165) is 66.2 Å². The third-order valence-electron chi connectivity index (χ3n) is 15.2. The van der Waals surface area contributed by atoms with Crippen molar-refractivity contribution in [2.75, 3.05) is 95.7 Å². The molecule has 0 radical (unpaired) electrons. The van der Waals surface area contributed by atoms with E-state index in [1.54, 1.807) is 35.2 Å². The molecule has 0 unspecified atom stereocenters. The van der Waals surface area contributed by atoms with Crippen molar-refractivity contribution < 1.29 is 43.3 Å². The number of benzene rings is 1. The first-order valence-electron chi connectivity index (χ1n) is 28.1. The molecule has 8 rings (SSSR count). The molecule has 1 saturated carbocycles. The number of aryl methyl sites for hydroxylation is 2. The molecular weight excluding hydrogens is 1060 g/mol. The lowest BCUT2D eigenvalue weighted by atomic mass is 9.85. The van der Waals surface area contributed by atoms with Gasteiger partial charge in [0.2, 0.25) is 29.6 Å². The van der Waals surface area contributed by atoms with E-state index in [9.17, 15) is 33.9 Å². The molecule has 4 aromatic heterocycles. The number of likely N-dealkylation sites (tertiary alicyclic amines) is 1. The summed E-state index contributed by atoms with van der Waals surface area (Å²) in [5.74, 6) is -0.665. The van der Waals surface area contributed by atoms with Crippen molar-refractivity contribution >= 4 is 69.2 Å². The maximum Gasteiger partial charge on any atom is 0.263 e. The number of carbonyl (C=O) groups is 5. The van der Waals surface area contributed by atoms with Crippen molar-refractivity contribution in [2.45, 2.75) is 117 Å². The molecule has 4 atom stereocenters. The van der Waals surface area contributed by atoms with Gasteiger partial charge in [-0.3, -0.25) is 38.2 Å². The maximum atomic E-state index is 14.1. The maximum absolute atomic E-state index is 14.1. The van der Waals surface area contributed by atoms with Gasteiger partial charge in [0.15, 0.2) is 5.78 Å². The number of ketones is 1. The first-order valence-corrected chi connectivity index (χ1v) is 29.0. The number of nitrogens with one attached hydrogen (secondary N) is 4. The summed E-state index contributed by atoms with van der Waals surface area (Å²) in [6, 6.07) is 9.54. The molecule has 0 bridgehead atoms. The Kier molecular flexibility index (Phi) is 20.7. The van der Waals surface area contributed by atoms with Gasteiger partial charge in [-0.25, -0.2) is 15.0 Å². The number of fused-ring (bicyclic) bond motifs is 1. The molecule has 2 saturated heterocycles. The summed E-state index contributed by atoms with van der Waals surface area (Å²) in [6.45, 7) is 17.7. The van der Waals surface area contributed by atoms with Gasteiger partial charge in [0.25, 0.3) is 5.56 Å². The average molecular weight is 1140 g/mol. The second-order valence-corrected chi connectivity index (χ2v) is 23.1. The van der Waals surface area contributed by atoms with E-state index < -0.39 is 29.5 Å². The number of pyridine rings is 2. The Bertz CT molecular complexity index is 3040. The molecule has 22 nitrogen and oxygen atoms in total. The molecule has 81 heavy (non-hydrogen) atoms. The topological polar surface area (TPSA) is 265 Å². The van der Waals surface area contributed by atoms with E-state index in [-0.39, 0.29) is 92.5 Å². The van der Waals surface area contributed by atoms with Crippen LogP contribution in [0, 0.1) is 19.3 Å². The fourth-order valence-corrected chi connectivity index (χ4v) is 11.5. The number of aliphatic hydroxyl groups excluding tert-OH is 1. The van der Waals surface area contributed by atoms with Crippen molar-refractivity contribution in [2.24, 2.45) is 5.41 Å². The lowest BCUT2D eigenvalue weighted by Crippen LogP contribution is -2.58. The summed E-state index contributed by atoms with van der Waals surface area (Å²) in [5.41, 5.74) is 5.97. The monoisotopic (exact) mass is 1130 g/mol. The molecular formula is C58H78N12O10S. The van der Waals surface area contributed by atoms with Gasteiger partial charge in [0.05, 0.1) is 91.9 Å². The van der Waals surface area contributed by atoms with Gasteiger partial charge in [-0.05, 0) is 74.8 Å². The lowest BCUT2D eigenvalue weighted by Gasteiger charge is -2.35. The van der Waals surface area contributed by atoms with Crippen molar-refractivity contribution in [3.63, 3.8) is 0 Å². The number of amides is 4. The first-order chi connectivity index (χ1) is 38.9. The molecule has 4 amide bonds. The van der Waals surface area contributed by atoms with Gasteiger partial charge in [-0.2, -0.15) is 4.98 Å². The molecule has 1 aliphatic carbocycles. The molecule has 6 heterocycles. The second kappa shape index (κ2) is 27.8. The van der Waals surface area contributed by atoms with Crippen LogP contribution in [-0.2, 0) is 33.4 Å². The Labute approximate surface area is 476 Å². The van der Waals surface area contributed by atoms with Crippen LogP contribution in [0.1, 0.15) is 112 Å². The number of rotatable bonds is 25. The van der Waals surface area contributed by atoms with Gasteiger partial charge in [-0.15, -0.1) is 11.3 Å². The van der Waals surface area contributed by atoms with Crippen LogP contribution in [0.25, 0.3) is 21.5 Å². The Morgan fingerprint density at radius 1 is 0.840 bits per heavy atom. The van der Waals surface area contributed by atoms with Crippen molar-refractivity contribution in [1.29, 1.82) is 0 Å². The zero-order valence-corrected chi connectivity index (χ0v) is 48.4. The molecule has 3 aliphatic rings. The minimum absolute atomic E-state index is 0.00731. The van der Waals surface area contributed by atoms with Crippen molar-refractivity contribution in [3.8, 4) is 10.4 Å². The number of aromatic nitrogens is 5. The van der Waals surface area contributed by atoms with Crippen LogP contribution >= 0.6 is 11.3 Å². The first kappa shape index (κ1) is 60.3. The summed E-state index contributed by atoms with van der Waals surface area (Å²) < 4.78 is 18.6. The summed E-state index contributed by atoms with van der Waals surface area (Å²) in [4.78, 5) is 105. The number of nitrogens with zero attached hydrogens (tertiary/aromatic N) is 8. The van der Waals surface area contributed by atoms with Crippen molar-refractivity contribution in [3.05, 3.63) is 87.0 Å². The fraction of sp³-hybridized carbons (Fsp3) is 0.552. The smallest absolute Gasteiger partial charge is 0.263 e. The normalized spacial score (nSPS) is 17.8. The third kappa shape index (κ3) is 15.6. The second-order valence-electron chi connectivity index (χ2n) is 22.2. The Balaban J connectivity index is 0.663. The molecule has 23 heteroatoms. The van der Waals surface area contributed by atoms with Gasteiger partial charge >= 0.3 is 0 Å². The van der Waals surface area contributed by atoms with Crippen LogP contribution < -0.4 is 31.7 Å². The number of carbonyl (C=O) groups excluding carboxylic acids is 5. The van der Waals surface area contributed by atoms with Crippen LogP contribution in [0.4, 0.5) is 17.5 Å². The number of hydrogen-bond donors (Lipinski definition) is 5. The molecule has 436 valence electrons. The van der Waals surface area contributed by atoms with Crippen LogP contribution in [-0.4, -0.2) is 172 Å². The minimum Gasteiger partial charge on any atom is -0.391 e. The highest BCUT2D eigenvalue weighted by Crippen LogP contribution is 2.33. The predicted molar refractivity (Wildman–Crippen MR) is 309 cm³/mol. The standard InChI is InChI=1S/C58H78N12O10S/c1-36-45-32-61-57(66-53(45)70(42-10-8-9-11-42)55(76)50(36)39(4)71)64-47-17-16-43(31-60-47)68-22-20-67(21-23-68)34-49(74)59-19-25-79-27-29-80-28-26-78-24-18-48(73)65-52(58(5,6)7)56(77)69-33-44(72)30-46(69)54(75)63-37(2)40-12-14-41(15-13-40)51-38(3)62-35-81-51/h12-17,31-32,35,37,42,44,46,52,72H,8-11,18-30,33-34H2,1-7H3,(H,59,74)(H,63,75)(H,65,73)(H,60,61,64,66)/t37-,44-,46-,52+/m0/s1. The van der Waals surface area contributed by atoms with E-state index in [1.165, 1.54) is 11.8 Å². The van der Waals surface area contributed by atoms with Crippen LogP contribution in [0.5, 0.6) is 0 Å². The van der Waals surface area contributed by atoms with E-state index in [2.05, 4.69) is 46.0 Å². The highest BCUT2D eigenvalue weighted by Gasteiger charge is 2.45. The summed E-state index contributed by atoms with van der Waals surface area (Å²) in [6.07, 6.45) is 6.44. The van der Waals surface area contributed by atoms with Gasteiger partial charge < -0.3 is 50.4 Å². The molecule has 2 aliphatic heterocycles. The number of thiazole rings is 1. The number of β-amino-alcohol motifs (C(OH)–C–C–N with tert-alkyl or cyclic N) is 1. The van der Waals surface area contributed by atoms with Crippen LogP contribution in [0.2, 0.25) is 0 Å². The Morgan fingerprint density at radius 2 is 1.53 bits per heavy atom. The van der Waals surface area contributed by atoms with Gasteiger partial charge in [0.1, 0.15) is 23.5 Å². The minimum atomic E-state index is -0.951. The summed E-state index contributed by atoms with van der Waals surface area (Å²) >= 11 is 1.57. The summed E-state index contributed by atoms with van der Waals surface area (Å²) in [5, 5.41) is 23.3. The number of aliphatic hydroxyl groups is 1. The number of piperazine rings is 1. The fourth-order valence-electron chi connectivity index (χ4n) is 10.7. The molecule has 3 fully saturated rings.